The Morgan fingerprint density at radius 3 is 2.29 bits per heavy atom. The summed E-state index contributed by atoms with van der Waals surface area (Å²) in [7, 11) is 0. The summed E-state index contributed by atoms with van der Waals surface area (Å²) in [6, 6.07) is 20.4. The predicted molar refractivity (Wildman–Crippen MR) is 113 cm³/mol. The lowest BCUT2D eigenvalue weighted by Crippen LogP contribution is -2.45. The molecule has 2 N–H and O–H groups in total. The molecule has 0 bridgehead atoms. The van der Waals surface area contributed by atoms with E-state index in [9.17, 15) is 9.90 Å². The van der Waals surface area contributed by atoms with Crippen molar-refractivity contribution in [3.63, 3.8) is 0 Å². The number of hydrogen-bond donors (Lipinski definition) is 2. The van der Waals surface area contributed by atoms with Crippen LogP contribution in [-0.4, -0.2) is 35.7 Å². The maximum Gasteiger partial charge on any atom is 0.317 e. The normalized spacial score (nSPS) is 16.0. The summed E-state index contributed by atoms with van der Waals surface area (Å²) in [6.45, 7) is 2.17. The highest BCUT2D eigenvalue weighted by Gasteiger charge is 2.28. The van der Waals surface area contributed by atoms with Crippen molar-refractivity contribution in [1.82, 2.24) is 10.2 Å². The van der Waals surface area contributed by atoms with Gasteiger partial charge < -0.3 is 15.3 Å². The number of carbonyl (C=O) groups is 1. The Morgan fingerprint density at radius 2 is 1.61 bits per heavy atom. The van der Waals surface area contributed by atoms with Crippen molar-refractivity contribution in [2.75, 3.05) is 19.6 Å². The number of nitrogens with zero attached hydrogens (tertiary/aromatic N) is 1. The zero-order valence-electron chi connectivity index (χ0n) is 16.6. The van der Waals surface area contributed by atoms with Crippen LogP contribution in [0.4, 0.5) is 4.79 Å². The van der Waals surface area contributed by atoms with E-state index in [0.717, 1.165) is 50.6 Å². The molecule has 1 saturated heterocycles. The highest BCUT2D eigenvalue weighted by molar-refractivity contribution is 5.74. The topological polar surface area (TPSA) is 52.6 Å². The largest absolute Gasteiger partial charge is 0.388 e. The Balaban J connectivity index is 1.29. The van der Waals surface area contributed by atoms with Crippen LogP contribution in [0.25, 0.3) is 0 Å². The van der Waals surface area contributed by atoms with Crippen molar-refractivity contribution in [3.05, 3.63) is 71.8 Å². The van der Waals surface area contributed by atoms with E-state index >= 15 is 0 Å². The highest BCUT2D eigenvalue weighted by Crippen LogP contribution is 2.30. The van der Waals surface area contributed by atoms with Crippen LogP contribution >= 0.6 is 0 Å². The van der Waals surface area contributed by atoms with Gasteiger partial charge in [0.1, 0.15) is 0 Å². The number of hydrogen-bond acceptors (Lipinski definition) is 2. The average molecular weight is 381 g/mol. The van der Waals surface area contributed by atoms with Gasteiger partial charge in [0.05, 0.1) is 6.10 Å². The molecule has 0 aromatic heterocycles. The minimum absolute atomic E-state index is 0.0377. The Labute approximate surface area is 168 Å². The second-order valence-corrected chi connectivity index (χ2v) is 7.71. The van der Waals surface area contributed by atoms with Crippen LogP contribution in [0.3, 0.4) is 0 Å². The summed E-state index contributed by atoms with van der Waals surface area (Å²) >= 11 is 0. The molecule has 1 fully saturated rings. The van der Waals surface area contributed by atoms with Crippen LogP contribution in [-0.2, 0) is 6.42 Å². The van der Waals surface area contributed by atoms with E-state index < -0.39 is 6.10 Å². The van der Waals surface area contributed by atoms with E-state index in [4.69, 9.17) is 0 Å². The molecule has 1 aliphatic rings. The molecule has 3 rings (SSSR count). The van der Waals surface area contributed by atoms with Crippen molar-refractivity contribution >= 4 is 6.03 Å². The van der Waals surface area contributed by atoms with Crippen LogP contribution in [0.5, 0.6) is 0 Å². The molecule has 1 unspecified atom stereocenters. The number of amides is 2. The zero-order valence-corrected chi connectivity index (χ0v) is 16.6. The number of aliphatic hydroxyl groups excluding tert-OH is 1. The number of aliphatic hydroxyl groups is 1. The molecule has 4 heteroatoms. The lowest BCUT2D eigenvalue weighted by molar-refractivity contribution is 0.0665. The molecule has 2 aromatic carbocycles. The fourth-order valence-corrected chi connectivity index (χ4v) is 3.92. The van der Waals surface area contributed by atoms with E-state index in [1.54, 1.807) is 0 Å². The molecular formula is C24H32N2O2. The predicted octanol–water partition coefficient (Wildman–Crippen LogP) is 4.55. The summed E-state index contributed by atoms with van der Waals surface area (Å²) < 4.78 is 0. The SMILES string of the molecule is O=C(NCCCCCc1ccccc1)N1CCC(C(O)c2ccccc2)CC1. The summed E-state index contributed by atoms with van der Waals surface area (Å²) in [5.74, 6) is 0.226. The third-order valence-electron chi connectivity index (χ3n) is 5.68. The molecule has 1 atom stereocenters. The number of likely N-dealkylation sites (tertiary alicyclic amines) is 1. The monoisotopic (exact) mass is 380 g/mol. The number of unbranched alkanes of at least 4 members (excludes halogenated alkanes) is 2. The quantitative estimate of drug-likeness (QED) is 0.660. The zero-order chi connectivity index (χ0) is 19.6. The van der Waals surface area contributed by atoms with Gasteiger partial charge in [0, 0.05) is 19.6 Å². The first-order valence-electron chi connectivity index (χ1n) is 10.5. The number of rotatable bonds is 8. The van der Waals surface area contributed by atoms with E-state index in [1.165, 1.54) is 5.56 Å². The fraction of sp³-hybridized carbons (Fsp3) is 0.458. The first kappa shape index (κ1) is 20.4. The van der Waals surface area contributed by atoms with Crippen LogP contribution in [0.1, 0.15) is 49.3 Å². The van der Waals surface area contributed by atoms with Crippen molar-refractivity contribution in [2.24, 2.45) is 5.92 Å². The summed E-state index contributed by atoms with van der Waals surface area (Å²) in [5.41, 5.74) is 2.35. The van der Waals surface area contributed by atoms with Crippen LogP contribution in [0.15, 0.2) is 60.7 Å². The first-order chi connectivity index (χ1) is 13.7. The average Bonchev–Trinajstić information content (AvgIpc) is 2.77. The molecular weight excluding hydrogens is 348 g/mol. The van der Waals surface area contributed by atoms with E-state index in [1.807, 2.05) is 41.3 Å². The maximum atomic E-state index is 12.4. The highest BCUT2D eigenvalue weighted by atomic mass is 16.3. The Kier molecular flexibility index (Phi) is 7.92. The van der Waals surface area contributed by atoms with Gasteiger partial charge in [0.2, 0.25) is 0 Å². The van der Waals surface area contributed by atoms with E-state index in [0.29, 0.717) is 13.1 Å². The second-order valence-electron chi connectivity index (χ2n) is 7.71. The minimum atomic E-state index is -0.434. The number of nitrogens with one attached hydrogen (secondary N) is 1. The molecule has 4 nitrogen and oxygen atoms in total. The van der Waals surface area contributed by atoms with Crippen molar-refractivity contribution in [1.29, 1.82) is 0 Å². The lowest BCUT2D eigenvalue weighted by Gasteiger charge is -2.34. The van der Waals surface area contributed by atoms with Crippen molar-refractivity contribution < 1.29 is 9.90 Å². The van der Waals surface area contributed by atoms with Gasteiger partial charge in [-0.3, -0.25) is 0 Å². The molecule has 0 radical (unpaired) electrons. The molecule has 28 heavy (non-hydrogen) atoms. The summed E-state index contributed by atoms with van der Waals surface area (Å²) in [5, 5.41) is 13.6. The first-order valence-corrected chi connectivity index (χ1v) is 10.5. The van der Waals surface area contributed by atoms with Crippen LogP contribution in [0.2, 0.25) is 0 Å². The third-order valence-corrected chi connectivity index (χ3v) is 5.68. The number of carbonyl (C=O) groups excluding carboxylic acids is 1. The molecule has 0 spiro atoms. The molecule has 2 amide bonds. The number of urea groups is 1. The lowest BCUT2D eigenvalue weighted by atomic mass is 9.87. The van der Waals surface area contributed by atoms with Crippen LogP contribution < -0.4 is 5.32 Å². The van der Waals surface area contributed by atoms with Gasteiger partial charge in [-0.05, 0) is 49.1 Å². The number of piperidine rings is 1. The van der Waals surface area contributed by atoms with Crippen LogP contribution in [0, 0.1) is 5.92 Å². The maximum absolute atomic E-state index is 12.4. The van der Waals surface area contributed by atoms with E-state index in [-0.39, 0.29) is 11.9 Å². The molecule has 1 aliphatic heterocycles. The molecule has 0 aliphatic carbocycles. The molecule has 1 heterocycles. The van der Waals surface area contributed by atoms with Gasteiger partial charge in [0.15, 0.2) is 0 Å². The Bertz CT molecular complexity index is 697. The third kappa shape index (κ3) is 6.10. The Morgan fingerprint density at radius 1 is 0.964 bits per heavy atom. The summed E-state index contributed by atoms with van der Waals surface area (Å²) in [6.07, 6.45) is 5.66. The second kappa shape index (κ2) is 10.9. The number of aryl methyl sites for hydroxylation is 1. The molecule has 2 aromatic rings. The van der Waals surface area contributed by atoms with Gasteiger partial charge >= 0.3 is 6.03 Å². The number of benzene rings is 2. The van der Waals surface area contributed by atoms with Gasteiger partial charge in [0.25, 0.3) is 0 Å². The Hall–Kier alpha value is -2.33. The molecule has 150 valence electrons. The van der Waals surface area contributed by atoms with E-state index in [2.05, 4.69) is 29.6 Å². The smallest absolute Gasteiger partial charge is 0.317 e. The van der Waals surface area contributed by atoms with Gasteiger partial charge in [-0.1, -0.05) is 67.1 Å². The van der Waals surface area contributed by atoms with Crippen molar-refractivity contribution in [3.8, 4) is 0 Å². The minimum Gasteiger partial charge on any atom is -0.388 e. The standard InChI is InChI=1S/C24H32N2O2/c27-23(21-13-7-2-8-14-21)22-15-18-26(19-16-22)24(28)25-17-9-3-6-12-20-10-4-1-5-11-20/h1-2,4-5,7-8,10-11,13-14,22-23,27H,3,6,9,12,15-19H2,(H,25,28). The fourth-order valence-electron chi connectivity index (χ4n) is 3.92. The van der Waals surface area contributed by atoms with Gasteiger partial charge in [-0.2, -0.15) is 0 Å². The van der Waals surface area contributed by atoms with Gasteiger partial charge in [-0.25, -0.2) is 4.79 Å². The molecule has 0 saturated carbocycles. The van der Waals surface area contributed by atoms with Crippen molar-refractivity contribution in [2.45, 2.75) is 44.6 Å². The van der Waals surface area contributed by atoms with Gasteiger partial charge in [-0.15, -0.1) is 0 Å². The summed E-state index contributed by atoms with van der Waals surface area (Å²) in [4.78, 5) is 14.2.